The second-order valence-corrected chi connectivity index (χ2v) is 7.57. The molecule has 1 aromatic carbocycles. The molecule has 0 radical (unpaired) electrons. The average molecular weight is 428 g/mol. The van der Waals surface area contributed by atoms with Gasteiger partial charge in [-0.1, -0.05) is 31.2 Å². The van der Waals surface area contributed by atoms with Crippen LogP contribution in [0.3, 0.4) is 0 Å². The first-order valence-electron chi connectivity index (χ1n) is 10.4. The Balaban J connectivity index is 0.000000858. The fourth-order valence-electron chi connectivity index (χ4n) is 4.18. The number of carbonyl (C=O) groups is 3. The van der Waals surface area contributed by atoms with Crippen molar-refractivity contribution < 1.29 is 24.2 Å². The van der Waals surface area contributed by atoms with Crippen molar-refractivity contribution in [3.8, 4) is 0 Å². The van der Waals surface area contributed by atoms with Crippen molar-refractivity contribution in [2.24, 2.45) is 5.92 Å². The van der Waals surface area contributed by atoms with Gasteiger partial charge in [0.15, 0.2) is 0 Å². The molecule has 2 amide bonds. The highest BCUT2D eigenvalue weighted by Gasteiger charge is 2.31. The number of carbonyl (C=O) groups excluding carboxylic acids is 2. The standard InChI is InChI=1S/C21H26N4O3.CH2O2/c1-2-15-13-24(20-17-6-4-3-5-16(17)7-9-22-20)10-8-18(15)23-19(26)14-25-11-12-28-21(25)27;2-1-3/h3-7,9,15,18H,2,8,10-14H2,1H3,(H,23,26);1H,(H,2,3)/t15-,18+;/m1./s1. The molecular weight excluding hydrogens is 400 g/mol. The number of rotatable bonds is 5. The summed E-state index contributed by atoms with van der Waals surface area (Å²) in [5, 5.41) is 12.4. The van der Waals surface area contributed by atoms with E-state index < -0.39 is 6.09 Å². The number of nitrogens with zero attached hydrogens (tertiary/aromatic N) is 3. The molecular formula is C22H28N4O5. The lowest BCUT2D eigenvalue weighted by atomic mass is 9.89. The molecule has 0 aliphatic carbocycles. The molecule has 2 aromatic rings. The van der Waals surface area contributed by atoms with Crippen LogP contribution in [-0.4, -0.2) is 72.3 Å². The van der Waals surface area contributed by atoms with Gasteiger partial charge in [0, 0.05) is 30.7 Å². The SMILES string of the molecule is CC[C@@H]1CN(c2nccc3ccccc23)CC[C@@H]1NC(=O)CN1CCOC1=O.O=CO. The number of aromatic nitrogens is 1. The number of hydrogen-bond acceptors (Lipinski definition) is 6. The van der Waals surface area contributed by atoms with Gasteiger partial charge in [0.1, 0.15) is 19.0 Å². The maximum atomic E-state index is 12.4. The van der Waals surface area contributed by atoms with E-state index in [4.69, 9.17) is 14.6 Å². The first-order chi connectivity index (χ1) is 15.1. The predicted molar refractivity (Wildman–Crippen MR) is 116 cm³/mol. The van der Waals surface area contributed by atoms with E-state index in [1.807, 2.05) is 24.4 Å². The zero-order chi connectivity index (χ0) is 22.2. The highest BCUT2D eigenvalue weighted by Crippen LogP contribution is 2.29. The quantitative estimate of drug-likeness (QED) is 0.702. The van der Waals surface area contributed by atoms with Crippen molar-refractivity contribution in [3.63, 3.8) is 0 Å². The molecule has 2 saturated heterocycles. The number of cyclic esters (lactones) is 1. The summed E-state index contributed by atoms with van der Waals surface area (Å²) in [5.41, 5.74) is 0. The summed E-state index contributed by atoms with van der Waals surface area (Å²) < 4.78 is 4.89. The summed E-state index contributed by atoms with van der Waals surface area (Å²) >= 11 is 0. The fourth-order valence-corrected chi connectivity index (χ4v) is 4.18. The van der Waals surface area contributed by atoms with Crippen LogP contribution in [0.5, 0.6) is 0 Å². The number of fused-ring (bicyclic) bond motifs is 1. The Morgan fingerprint density at radius 3 is 2.81 bits per heavy atom. The van der Waals surface area contributed by atoms with E-state index in [1.54, 1.807) is 0 Å². The lowest BCUT2D eigenvalue weighted by Gasteiger charge is -2.39. The van der Waals surface area contributed by atoms with Crippen LogP contribution in [0.2, 0.25) is 0 Å². The van der Waals surface area contributed by atoms with Crippen molar-refractivity contribution in [2.45, 2.75) is 25.8 Å². The van der Waals surface area contributed by atoms with Gasteiger partial charge in [-0.05, 0) is 30.2 Å². The number of hydrogen-bond donors (Lipinski definition) is 2. The fraction of sp³-hybridized carbons (Fsp3) is 0.455. The van der Waals surface area contributed by atoms with Gasteiger partial charge in [-0.3, -0.25) is 14.5 Å². The Hall–Kier alpha value is -3.36. The highest BCUT2D eigenvalue weighted by atomic mass is 16.6. The lowest BCUT2D eigenvalue weighted by molar-refractivity contribution is -0.123. The summed E-state index contributed by atoms with van der Waals surface area (Å²) in [7, 11) is 0. The minimum Gasteiger partial charge on any atom is -0.483 e. The third kappa shape index (κ3) is 5.42. The minimum atomic E-state index is -0.404. The van der Waals surface area contributed by atoms with Crippen molar-refractivity contribution in [1.29, 1.82) is 0 Å². The van der Waals surface area contributed by atoms with E-state index in [1.165, 1.54) is 10.3 Å². The molecule has 0 bridgehead atoms. The van der Waals surface area contributed by atoms with Crippen LogP contribution in [-0.2, 0) is 14.3 Å². The zero-order valence-corrected chi connectivity index (χ0v) is 17.6. The molecule has 9 heteroatoms. The van der Waals surface area contributed by atoms with Gasteiger partial charge in [-0.25, -0.2) is 9.78 Å². The number of anilines is 1. The minimum absolute atomic E-state index is 0.0698. The van der Waals surface area contributed by atoms with E-state index in [-0.39, 0.29) is 25.0 Å². The Morgan fingerprint density at radius 2 is 2.10 bits per heavy atom. The maximum absolute atomic E-state index is 12.4. The largest absolute Gasteiger partial charge is 0.483 e. The average Bonchev–Trinajstić information content (AvgIpc) is 3.18. The molecule has 2 aliphatic heterocycles. The van der Waals surface area contributed by atoms with Gasteiger partial charge >= 0.3 is 6.09 Å². The first kappa shape index (κ1) is 22.3. The summed E-state index contributed by atoms with van der Waals surface area (Å²) in [6, 6.07) is 10.4. The third-order valence-electron chi connectivity index (χ3n) is 5.74. The Labute approximate surface area is 181 Å². The number of benzene rings is 1. The van der Waals surface area contributed by atoms with Crippen LogP contribution in [0.25, 0.3) is 10.8 Å². The molecule has 2 fully saturated rings. The van der Waals surface area contributed by atoms with Crippen LogP contribution in [0, 0.1) is 5.92 Å². The molecule has 4 rings (SSSR count). The van der Waals surface area contributed by atoms with Crippen LogP contribution < -0.4 is 10.2 Å². The number of amides is 2. The first-order valence-corrected chi connectivity index (χ1v) is 10.4. The molecule has 2 N–H and O–H groups in total. The monoisotopic (exact) mass is 428 g/mol. The number of carboxylic acid groups (broad SMARTS) is 1. The molecule has 0 saturated carbocycles. The normalized spacial score (nSPS) is 20.6. The van der Waals surface area contributed by atoms with Gasteiger partial charge in [0.25, 0.3) is 6.47 Å². The van der Waals surface area contributed by atoms with E-state index in [2.05, 4.69) is 34.3 Å². The van der Waals surface area contributed by atoms with Crippen molar-refractivity contribution in [1.82, 2.24) is 15.2 Å². The topological polar surface area (TPSA) is 112 Å². The van der Waals surface area contributed by atoms with E-state index >= 15 is 0 Å². The van der Waals surface area contributed by atoms with E-state index in [9.17, 15) is 9.59 Å². The number of ether oxygens (including phenoxy) is 1. The summed E-state index contributed by atoms with van der Waals surface area (Å²) in [5.74, 6) is 1.24. The Kier molecular flexibility index (Phi) is 7.64. The zero-order valence-electron chi connectivity index (χ0n) is 17.6. The lowest BCUT2D eigenvalue weighted by Crippen LogP contribution is -2.52. The Bertz CT molecular complexity index is 916. The van der Waals surface area contributed by atoms with Gasteiger partial charge < -0.3 is 20.1 Å². The molecule has 2 aliphatic rings. The van der Waals surface area contributed by atoms with Crippen molar-refractivity contribution >= 4 is 35.1 Å². The van der Waals surface area contributed by atoms with Crippen LogP contribution in [0.4, 0.5) is 10.6 Å². The number of nitrogens with one attached hydrogen (secondary N) is 1. The highest BCUT2D eigenvalue weighted by molar-refractivity contribution is 5.92. The molecule has 9 nitrogen and oxygen atoms in total. The van der Waals surface area contributed by atoms with Crippen LogP contribution in [0.1, 0.15) is 19.8 Å². The van der Waals surface area contributed by atoms with Crippen LogP contribution >= 0.6 is 0 Å². The second-order valence-electron chi connectivity index (χ2n) is 7.57. The van der Waals surface area contributed by atoms with Gasteiger partial charge in [-0.15, -0.1) is 0 Å². The number of pyridine rings is 1. The second kappa shape index (κ2) is 10.6. The summed E-state index contributed by atoms with van der Waals surface area (Å²) in [4.78, 5) is 40.7. The van der Waals surface area contributed by atoms with Gasteiger partial charge in [0.2, 0.25) is 5.91 Å². The van der Waals surface area contributed by atoms with E-state index in [0.717, 1.165) is 37.1 Å². The Morgan fingerprint density at radius 1 is 1.32 bits per heavy atom. The molecule has 166 valence electrons. The molecule has 31 heavy (non-hydrogen) atoms. The van der Waals surface area contributed by atoms with Gasteiger partial charge in [-0.2, -0.15) is 0 Å². The van der Waals surface area contributed by atoms with E-state index in [0.29, 0.717) is 19.1 Å². The predicted octanol–water partition coefficient (Wildman–Crippen LogP) is 2.11. The molecule has 3 heterocycles. The third-order valence-corrected chi connectivity index (χ3v) is 5.74. The molecule has 1 aromatic heterocycles. The van der Waals surface area contributed by atoms with Crippen LogP contribution in [0.15, 0.2) is 36.5 Å². The van der Waals surface area contributed by atoms with Crippen molar-refractivity contribution in [2.75, 3.05) is 37.7 Å². The summed E-state index contributed by atoms with van der Waals surface area (Å²) in [6.07, 6.45) is 3.29. The summed E-state index contributed by atoms with van der Waals surface area (Å²) in [6.45, 7) is 4.51. The molecule has 0 spiro atoms. The smallest absolute Gasteiger partial charge is 0.410 e. The molecule has 0 unspecified atom stereocenters. The molecule has 2 atom stereocenters. The van der Waals surface area contributed by atoms with Gasteiger partial charge in [0.05, 0.1) is 6.54 Å². The number of piperidine rings is 1. The van der Waals surface area contributed by atoms with Crippen molar-refractivity contribution in [3.05, 3.63) is 36.5 Å². The maximum Gasteiger partial charge on any atom is 0.410 e.